The molecule has 0 radical (unpaired) electrons. The first kappa shape index (κ1) is 21.0. The number of hydrogen-bond acceptors (Lipinski definition) is 5. The van der Waals surface area contributed by atoms with Gasteiger partial charge in [-0.3, -0.25) is 14.7 Å². The van der Waals surface area contributed by atoms with E-state index in [4.69, 9.17) is 0 Å². The second-order valence-electron chi connectivity index (χ2n) is 8.58. The Morgan fingerprint density at radius 3 is 2.68 bits per heavy atom. The van der Waals surface area contributed by atoms with Gasteiger partial charge in [0.1, 0.15) is 5.69 Å². The number of aryl methyl sites for hydroxylation is 1. The highest BCUT2D eigenvalue weighted by Crippen LogP contribution is 2.26. The molecule has 3 heterocycles. The van der Waals surface area contributed by atoms with Gasteiger partial charge in [0.25, 0.3) is 5.91 Å². The highest BCUT2D eigenvalue weighted by Gasteiger charge is 2.25. The highest BCUT2D eigenvalue weighted by atomic mass is 16.2. The molecule has 3 aromatic rings. The number of piperidine rings is 1. The van der Waals surface area contributed by atoms with Crippen molar-refractivity contribution in [2.75, 3.05) is 25.5 Å². The number of carbonyl (C=O) groups excluding carboxylic acids is 2. The predicted octanol–water partition coefficient (Wildman–Crippen LogP) is 2.68. The Morgan fingerprint density at radius 2 is 1.97 bits per heavy atom. The van der Waals surface area contributed by atoms with Crippen LogP contribution in [0.4, 0.5) is 5.69 Å². The van der Waals surface area contributed by atoms with Crippen LogP contribution >= 0.6 is 0 Å². The minimum atomic E-state index is -0.138. The minimum absolute atomic E-state index is 0.0464. The summed E-state index contributed by atoms with van der Waals surface area (Å²) in [5, 5.41) is 13.3. The van der Waals surface area contributed by atoms with E-state index in [1.807, 2.05) is 39.0 Å². The maximum atomic E-state index is 13.1. The van der Waals surface area contributed by atoms with Gasteiger partial charge >= 0.3 is 0 Å². The van der Waals surface area contributed by atoms with Gasteiger partial charge in [-0.15, -0.1) is 0 Å². The third-order valence-corrected chi connectivity index (χ3v) is 5.73. The lowest BCUT2D eigenvalue weighted by atomic mass is 10.0. The van der Waals surface area contributed by atoms with Gasteiger partial charge in [-0.1, -0.05) is 13.8 Å². The summed E-state index contributed by atoms with van der Waals surface area (Å²) in [7, 11) is 2.09. The lowest BCUT2D eigenvalue weighted by Gasteiger charge is -2.29. The summed E-state index contributed by atoms with van der Waals surface area (Å²) in [4.78, 5) is 35.2. The Hall–Kier alpha value is -3.20. The molecular formula is C22H29N7O2. The molecule has 4 rings (SSSR count). The number of aromatic nitrogens is 4. The molecule has 9 nitrogen and oxygen atoms in total. The first-order chi connectivity index (χ1) is 14.8. The van der Waals surface area contributed by atoms with Gasteiger partial charge in [-0.25, -0.2) is 4.98 Å². The van der Waals surface area contributed by atoms with Crippen molar-refractivity contribution in [3.8, 4) is 11.5 Å². The Kier molecular flexibility index (Phi) is 5.77. The van der Waals surface area contributed by atoms with Gasteiger partial charge in [0.2, 0.25) is 5.91 Å². The van der Waals surface area contributed by atoms with Gasteiger partial charge in [-0.2, -0.15) is 5.10 Å². The first-order valence-electron chi connectivity index (χ1n) is 10.7. The van der Waals surface area contributed by atoms with Gasteiger partial charge in [-0.05, 0) is 58.1 Å². The van der Waals surface area contributed by atoms with E-state index >= 15 is 0 Å². The molecule has 31 heavy (non-hydrogen) atoms. The molecule has 0 unspecified atom stereocenters. The fourth-order valence-corrected chi connectivity index (χ4v) is 3.77. The zero-order valence-corrected chi connectivity index (χ0v) is 18.4. The molecule has 9 heteroatoms. The normalized spacial score (nSPS) is 15.5. The summed E-state index contributed by atoms with van der Waals surface area (Å²) in [6, 6.07) is 5.65. The molecule has 1 fully saturated rings. The lowest BCUT2D eigenvalue weighted by Crippen LogP contribution is -2.43. The third kappa shape index (κ3) is 4.46. The third-order valence-electron chi connectivity index (χ3n) is 5.73. The van der Waals surface area contributed by atoms with E-state index in [1.165, 1.54) is 0 Å². The summed E-state index contributed by atoms with van der Waals surface area (Å²) in [6.07, 6.45) is 1.87. The molecule has 2 aromatic heterocycles. The predicted molar refractivity (Wildman–Crippen MR) is 120 cm³/mol. The molecule has 0 aliphatic carbocycles. The second-order valence-corrected chi connectivity index (χ2v) is 8.58. The van der Waals surface area contributed by atoms with E-state index in [9.17, 15) is 9.59 Å². The van der Waals surface area contributed by atoms with Crippen molar-refractivity contribution in [2.24, 2.45) is 5.92 Å². The van der Waals surface area contributed by atoms with Crippen LogP contribution in [-0.4, -0.2) is 63.1 Å². The Bertz CT molecular complexity index is 1110. The SMILES string of the molecule is Cc1[nH]nc(-c2nc3ccc(NC(=O)C(C)C)cc3[nH]2)c1C(=O)NC1CCN(C)CC1. The van der Waals surface area contributed by atoms with Crippen LogP contribution in [0.15, 0.2) is 18.2 Å². The van der Waals surface area contributed by atoms with Crippen LogP contribution in [-0.2, 0) is 4.79 Å². The summed E-state index contributed by atoms with van der Waals surface area (Å²) >= 11 is 0. The van der Waals surface area contributed by atoms with Crippen LogP contribution in [0.25, 0.3) is 22.6 Å². The summed E-state index contributed by atoms with van der Waals surface area (Å²) in [6.45, 7) is 7.48. The zero-order chi connectivity index (χ0) is 22.1. The summed E-state index contributed by atoms with van der Waals surface area (Å²) in [5.41, 5.74) is 3.89. The van der Waals surface area contributed by atoms with Gasteiger partial charge in [0.05, 0.1) is 16.6 Å². The molecule has 4 N–H and O–H groups in total. The largest absolute Gasteiger partial charge is 0.349 e. The molecule has 1 saturated heterocycles. The number of hydrogen-bond donors (Lipinski definition) is 4. The number of imidazole rings is 1. The molecule has 0 bridgehead atoms. The summed E-state index contributed by atoms with van der Waals surface area (Å²) in [5.74, 6) is 0.224. The Labute approximate surface area is 181 Å². The van der Waals surface area contributed by atoms with Crippen LogP contribution in [0.2, 0.25) is 0 Å². The quantitative estimate of drug-likeness (QED) is 0.503. The maximum Gasteiger partial charge on any atom is 0.255 e. The number of nitrogens with zero attached hydrogens (tertiary/aromatic N) is 3. The lowest BCUT2D eigenvalue weighted by molar-refractivity contribution is -0.118. The van der Waals surface area contributed by atoms with Crippen molar-refractivity contribution in [3.63, 3.8) is 0 Å². The highest BCUT2D eigenvalue weighted by molar-refractivity contribution is 6.01. The molecule has 2 amide bonds. The van der Waals surface area contributed by atoms with Crippen molar-refractivity contribution in [3.05, 3.63) is 29.5 Å². The van der Waals surface area contributed by atoms with Gasteiger partial charge < -0.3 is 20.5 Å². The van der Waals surface area contributed by atoms with Gasteiger partial charge in [0, 0.05) is 23.3 Å². The zero-order valence-electron chi connectivity index (χ0n) is 18.4. The molecule has 0 atom stereocenters. The van der Waals surface area contributed by atoms with Crippen molar-refractivity contribution >= 4 is 28.5 Å². The number of H-pyrrole nitrogens is 2. The van der Waals surface area contributed by atoms with Crippen LogP contribution in [0, 0.1) is 12.8 Å². The van der Waals surface area contributed by atoms with E-state index in [-0.39, 0.29) is 23.8 Å². The molecule has 164 valence electrons. The standard InChI is InChI=1S/C22H29N7O2/c1-12(2)21(30)24-15-5-6-16-17(11-15)26-20(25-16)19-18(13(3)27-28-19)22(31)23-14-7-9-29(4)10-8-14/h5-6,11-12,14H,7-10H2,1-4H3,(H,23,31)(H,24,30)(H,25,26)(H,27,28). The molecule has 1 aromatic carbocycles. The minimum Gasteiger partial charge on any atom is -0.349 e. The number of fused-ring (bicyclic) bond motifs is 1. The first-order valence-corrected chi connectivity index (χ1v) is 10.7. The molecule has 1 aliphatic heterocycles. The maximum absolute atomic E-state index is 13.1. The number of likely N-dealkylation sites (tertiary alicyclic amines) is 1. The molecule has 1 aliphatic rings. The Morgan fingerprint density at radius 1 is 1.23 bits per heavy atom. The number of aromatic amines is 2. The van der Waals surface area contributed by atoms with E-state index in [1.54, 1.807) is 0 Å². The average molecular weight is 424 g/mol. The topological polar surface area (TPSA) is 119 Å². The fourth-order valence-electron chi connectivity index (χ4n) is 3.77. The molecule has 0 spiro atoms. The van der Waals surface area contributed by atoms with Crippen LogP contribution in [0.5, 0.6) is 0 Å². The smallest absolute Gasteiger partial charge is 0.255 e. The average Bonchev–Trinajstić information content (AvgIpc) is 3.32. The van der Waals surface area contributed by atoms with Crippen LogP contribution < -0.4 is 10.6 Å². The van der Waals surface area contributed by atoms with Crippen molar-refractivity contribution < 1.29 is 9.59 Å². The number of nitrogens with one attached hydrogen (secondary N) is 4. The van der Waals surface area contributed by atoms with E-state index in [0.717, 1.165) is 37.0 Å². The monoisotopic (exact) mass is 423 g/mol. The second kappa shape index (κ2) is 8.50. The van der Waals surface area contributed by atoms with E-state index in [2.05, 4.69) is 42.7 Å². The number of amides is 2. The van der Waals surface area contributed by atoms with E-state index in [0.29, 0.717) is 28.5 Å². The van der Waals surface area contributed by atoms with Crippen molar-refractivity contribution in [2.45, 2.75) is 39.7 Å². The molecule has 0 saturated carbocycles. The van der Waals surface area contributed by atoms with Crippen LogP contribution in [0.1, 0.15) is 42.7 Å². The number of rotatable bonds is 5. The Balaban J connectivity index is 1.58. The van der Waals surface area contributed by atoms with Crippen LogP contribution in [0.3, 0.4) is 0 Å². The van der Waals surface area contributed by atoms with Crippen molar-refractivity contribution in [1.82, 2.24) is 30.4 Å². The number of benzene rings is 1. The van der Waals surface area contributed by atoms with Crippen molar-refractivity contribution in [1.29, 1.82) is 0 Å². The number of anilines is 1. The van der Waals surface area contributed by atoms with Gasteiger partial charge in [0.15, 0.2) is 5.82 Å². The number of carbonyl (C=O) groups is 2. The molecular weight excluding hydrogens is 394 g/mol. The van der Waals surface area contributed by atoms with E-state index < -0.39 is 0 Å². The summed E-state index contributed by atoms with van der Waals surface area (Å²) < 4.78 is 0. The fraction of sp³-hybridized carbons (Fsp3) is 0.455.